The van der Waals surface area contributed by atoms with Crippen molar-refractivity contribution in [2.24, 2.45) is 0 Å². The van der Waals surface area contributed by atoms with Crippen LogP contribution in [0.2, 0.25) is 0 Å². The first-order valence-corrected chi connectivity index (χ1v) is 10.0. The Morgan fingerprint density at radius 1 is 0.633 bits per heavy atom. The lowest BCUT2D eigenvalue weighted by Gasteiger charge is -2.33. The number of hydrogen-bond acceptors (Lipinski definition) is 4. The first kappa shape index (κ1) is 19.8. The number of nitrogens with zero attached hydrogens (tertiary/aromatic N) is 2. The van der Waals surface area contributed by atoms with Crippen LogP contribution in [0.4, 0.5) is 9.59 Å². The van der Waals surface area contributed by atoms with E-state index in [9.17, 15) is 9.59 Å². The first-order chi connectivity index (χ1) is 14.7. The van der Waals surface area contributed by atoms with Gasteiger partial charge in [-0.15, -0.1) is 0 Å². The maximum Gasteiger partial charge on any atom is 0.410 e. The molecule has 1 saturated heterocycles. The van der Waals surface area contributed by atoms with Crippen LogP contribution in [0.15, 0.2) is 72.8 Å². The van der Waals surface area contributed by atoms with E-state index in [1.54, 1.807) is 9.80 Å². The summed E-state index contributed by atoms with van der Waals surface area (Å²) in [6, 6.07) is 23.7. The Balaban J connectivity index is 1.22. The molecule has 1 aliphatic heterocycles. The van der Waals surface area contributed by atoms with Gasteiger partial charge in [0.1, 0.15) is 13.2 Å². The van der Waals surface area contributed by atoms with Crippen LogP contribution >= 0.6 is 0 Å². The van der Waals surface area contributed by atoms with Crippen LogP contribution in [-0.2, 0) is 22.7 Å². The van der Waals surface area contributed by atoms with Gasteiger partial charge < -0.3 is 19.3 Å². The highest BCUT2D eigenvalue weighted by Crippen LogP contribution is 2.17. The Bertz CT molecular complexity index is 1010. The predicted molar refractivity (Wildman–Crippen MR) is 114 cm³/mol. The fraction of sp³-hybridized carbons (Fsp3) is 0.250. The van der Waals surface area contributed by atoms with Crippen LogP contribution in [0, 0.1) is 0 Å². The van der Waals surface area contributed by atoms with E-state index < -0.39 is 0 Å². The second-order valence-electron chi connectivity index (χ2n) is 7.25. The maximum atomic E-state index is 12.4. The summed E-state index contributed by atoms with van der Waals surface area (Å²) in [5, 5.41) is 2.27. The second-order valence-corrected chi connectivity index (χ2v) is 7.25. The third-order valence-electron chi connectivity index (χ3n) is 5.18. The van der Waals surface area contributed by atoms with E-state index in [4.69, 9.17) is 9.47 Å². The van der Waals surface area contributed by atoms with Crippen molar-refractivity contribution in [2.45, 2.75) is 13.2 Å². The van der Waals surface area contributed by atoms with Gasteiger partial charge in [-0.3, -0.25) is 0 Å². The second kappa shape index (κ2) is 9.31. The average Bonchev–Trinajstić information content (AvgIpc) is 2.81. The molecule has 1 aliphatic rings. The van der Waals surface area contributed by atoms with E-state index in [2.05, 4.69) is 6.07 Å². The molecule has 3 aromatic carbocycles. The van der Waals surface area contributed by atoms with Gasteiger partial charge in [0.25, 0.3) is 0 Å². The third kappa shape index (κ3) is 4.89. The summed E-state index contributed by atoms with van der Waals surface area (Å²) in [5.74, 6) is 0. The molecule has 1 heterocycles. The lowest BCUT2D eigenvalue weighted by molar-refractivity contribution is 0.0557. The van der Waals surface area contributed by atoms with Gasteiger partial charge in [-0.05, 0) is 28.0 Å². The van der Waals surface area contributed by atoms with Gasteiger partial charge >= 0.3 is 12.2 Å². The Labute approximate surface area is 175 Å². The highest BCUT2D eigenvalue weighted by molar-refractivity contribution is 5.83. The first-order valence-electron chi connectivity index (χ1n) is 10.0. The molecule has 0 bridgehead atoms. The molecule has 0 aliphatic carbocycles. The molecule has 0 spiro atoms. The molecule has 6 nitrogen and oxygen atoms in total. The molecule has 0 saturated carbocycles. The summed E-state index contributed by atoms with van der Waals surface area (Å²) in [4.78, 5) is 27.9. The molecule has 0 radical (unpaired) electrons. The van der Waals surface area contributed by atoms with Gasteiger partial charge in [0, 0.05) is 26.2 Å². The summed E-state index contributed by atoms with van der Waals surface area (Å²) in [6.45, 7) is 2.18. The number of hydrogen-bond donors (Lipinski definition) is 0. The van der Waals surface area contributed by atoms with Crippen molar-refractivity contribution in [3.63, 3.8) is 0 Å². The highest BCUT2D eigenvalue weighted by Gasteiger charge is 2.25. The molecule has 3 aromatic rings. The molecule has 0 unspecified atom stereocenters. The zero-order valence-electron chi connectivity index (χ0n) is 16.7. The van der Waals surface area contributed by atoms with E-state index in [1.807, 2.05) is 66.7 Å². The number of benzene rings is 3. The number of piperazine rings is 1. The van der Waals surface area contributed by atoms with Crippen molar-refractivity contribution >= 4 is 23.0 Å². The van der Waals surface area contributed by atoms with E-state index in [-0.39, 0.29) is 25.4 Å². The predicted octanol–water partition coefficient (Wildman–Crippen LogP) is 4.43. The van der Waals surface area contributed by atoms with Crippen molar-refractivity contribution in [3.8, 4) is 0 Å². The molecule has 4 rings (SSSR count). The quantitative estimate of drug-likeness (QED) is 0.645. The van der Waals surface area contributed by atoms with Crippen LogP contribution in [0.5, 0.6) is 0 Å². The van der Waals surface area contributed by atoms with Gasteiger partial charge in [0.2, 0.25) is 0 Å². The summed E-state index contributed by atoms with van der Waals surface area (Å²) in [6.07, 6.45) is -0.719. The molecule has 30 heavy (non-hydrogen) atoms. The Morgan fingerprint density at radius 3 is 1.80 bits per heavy atom. The summed E-state index contributed by atoms with van der Waals surface area (Å²) < 4.78 is 10.8. The molecule has 0 aromatic heterocycles. The third-order valence-corrected chi connectivity index (χ3v) is 5.18. The fourth-order valence-corrected chi connectivity index (χ4v) is 3.45. The number of amides is 2. The number of rotatable bonds is 4. The minimum Gasteiger partial charge on any atom is -0.445 e. The van der Waals surface area contributed by atoms with Crippen molar-refractivity contribution in [1.82, 2.24) is 9.80 Å². The fourth-order valence-electron chi connectivity index (χ4n) is 3.45. The maximum absolute atomic E-state index is 12.4. The molecular weight excluding hydrogens is 380 g/mol. The average molecular weight is 404 g/mol. The van der Waals surface area contributed by atoms with Gasteiger partial charge in [-0.2, -0.15) is 0 Å². The molecular formula is C24H24N2O4. The number of ether oxygens (including phenoxy) is 2. The van der Waals surface area contributed by atoms with Crippen molar-refractivity contribution < 1.29 is 19.1 Å². The largest absolute Gasteiger partial charge is 0.445 e. The molecule has 2 amide bonds. The SMILES string of the molecule is O=C(OCc1ccccc1)N1CCN(C(=O)OCc2ccc3ccccc3c2)CC1. The molecule has 1 fully saturated rings. The highest BCUT2D eigenvalue weighted by atomic mass is 16.6. The molecule has 0 atom stereocenters. The summed E-state index contributed by atoms with van der Waals surface area (Å²) >= 11 is 0. The van der Waals surface area contributed by atoms with E-state index in [0.29, 0.717) is 26.2 Å². The van der Waals surface area contributed by atoms with Crippen LogP contribution in [0.25, 0.3) is 10.8 Å². The number of carbonyl (C=O) groups is 2. The Morgan fingerprint density at radius 2 is 1.17 bits per heavy atom. The molecule has 6 heteroatoms. The molecule has 0 N–H and O–H groups in total. The van der Waals surface area contributed by atoms with Gasteiger partial charge in [-0.25, -0.2) is 9.59 Å². The minimum atomic E-state index is -0.361. The van der Waals surface area contributed by atoms with E-state index in [1.165, 1.54) is 0 Å². The topological polar surface area (TPSA) is 59.1 Å². The molecule has 154 valence electrons. The standard InChI is InChI=1S/C24H24N2O4/c27-23(29-17-19-6-2-1-3-7-19)25-12-14-26(15-13-25)24(28)30-18-20-10-11-21-8-4-5-9-22(21)16-20/h1-11,16H,12-15,17-18H2. The van der Waals surface area contributed by atoms with Crippen LogP contribution in [-0.4, -0.2) is 48.2 Å². The van der Waals surface area contributed by atoms with E-state index in [0.717, 1.165) is 21.9 Å². The van der Waals surface area contributed by atoms with Crippen molar-refractivity contribution in [2.75, 3.05) is 26.2 Å². The number of fused-ring (bicyclic) bond motifs is 1. The summed E-state index contributed by atoms with van der Waals surface area (Å²) in [7, 11) is 0. The van der Waals surface area contributed by atoms with Gasteiger partial charge in [0.05, 0.1) is 0 Å². The lowest BCUT2D eigenvalue weighted by atomic mass is 10.1. The van der Waals surface area contributed by atoms with Crippen LogP contribution in [0.3, 0.4) is 0 Å². The van der Waals surface area contributed by atoms with Gasteiger partial charge in [0.15, 0.2) is 0 Å². The van der Waals surface area contributed by atoms with Crippen LogP contribution < -0.4 is 0 Å². The van der Waals surface area contributed by atoms with Crippen LogP contribution in [0.1, 0.15) is 11.1 Å². The van der Waals surface area contributed by atoms with Crippen molar-refractivity contribution in [1.29, 1.82) is 0 Å². The monoisotopic (exact) mass is 404 g/mol. The normalized spacial score (nSPS) is 13.9. The summed E-state index contributed by atoms with van der Waals surface area (Å²) in [5.41, 5.74) is 1.90. The Kier molecular flexibility index (Phi) is 6.13. The zero-order valence-corrected chi connectivity index (χ0v) is 16.7. The minimum absolute atomic E-state index is 0.225. The van der Waals surface area contributed by atoms with E-state index >= 15 is 0 Å². The number of carbonyl (C=O) groups excluding carboxylic acids is 2. The lowest BCUT2D eigenvalue weighted by Crippen LogP contribution is -2.50. The smallest absolute Gasteiger partial charge is 0.410 e. The van der Waals surface area contributed by atoms with Crippen molar-refractivity contribution in [3.05, 3.63) is 83.9 Å². The zero-order chi connectivity index (χ0) is 20.8. The Hall–Kier alpha value is -3.54. The van der Waals surface area contributed by atoms with Gasteiger partial charge in [-0.1, -0.05) is 66.7 Å².